The average molecular weight is 256 g/mol. The highest BCUT2D eigenvalue weighted by Crippen LogP contribution is 2.20. The van der Waals surface area contributed by atoms with E-state index in [9.17, 15) is 0 Å². The number of fused-ring (bicyclic) bond motifs is 1. The van der Waals surface area contributed by atoms with Gasteiger partial charge in [0.1, 0.15) is 0 Å². The van der Waals surface area contributed by atoms with Gasteiger partial charge in [0.25, 0.3) is 0 Å². The van der Waals surface area contributed by atoms with E-state index in [0.717, 1.165) is 16.9 Å². The van der Waals surface area contributed by atoms with Gasteiger partial charge in [0.2, 0.25) is 4.77 Å². The summed E-state index contributed by atoms with van der Waals surface area (Å²) in [6, 6.07) is 10.2. The van der Waals surface area contributed by atoms with Crippen LogP contribution >= 0.6 is 12.2 Å². The van der Waals surface area contributed by atoms with E-state index in [1.54, 1.807) is 4.52 Å². The van der Waals surface area contributed by atoms with Crippen LogP contribution in [0.3, 0.4) is 0 Å². The zero-order valence-electron chi connectivity index (χ0n) is 10.1. The third-order valence-electron chi connectivity index (χ3n) is 3.08. The maximum Gasteiger partial charge on any atom is 0.216 e. The van der Waals surface area contributed by atoms with Crippen LogP contribution in [0.4, 0.5) is 0 Å². The topological polar surface area (TPSA) is 46.0 Å². The molecule has 0 saturated carbocycles. The normalized spacial score (nSPS) is 11.0. The molecule has 0 aliphatic carbocycles. The van der Waals surface area contributed by atoms with Gasteiger partial charge in [-0.1, -0.05) is 12.1 Å². The lowest BCUT2D eigenvalue weighted by Gasteiger charge is -2.04. The van der Waals surface area contributed by atoms with E-state index in [1.807, 2.05) is 12.1 Å². The van der Waals surface area contributed by atoms with Crippen LogP contribution in [0, 0.1) is 18.6 Å². The first kappa shape index (κ1) is 11.1. The van der Waals surface area contributed by atoms with E-state index in [-0.39, 0.29) is 0 Å². The summed E-state index contributed by atoms with van der Waals surface area (Å²) in [5, 5.41) is 11.3. The van der Waals surface area contributed by atoms with Crippen molar-refractivity contribution < 1.29 is 0 Å². The van der Waals surface area contributed by atoms with Crippen LogP contribution < -0.4 is 0 Å². The number of hydrogen-bond acceptors (Lipinski definition) is 3. The smallest absolute Gasteiger partial charge is 0.216 e. The van der Waals surface area contributed by atoms with Crippen LogP contribution in [-0.2, 0) is 0 Å². The zero-order valence-corrected chi connectivity index (χ0v) is 11.0. The first-order valence-electron chi connectivity index (χ1n) is 5.67. The predicted octanol–water partition coefficient (Wildman–Crippen LogP) is 3.07. The van der Waals surface area contributed by atoms with Crippen molar-refractivity contribution >= 4 is 17.9 Å². The molecule has 0 aliphatic heterocycles. The van der Waals surface area contributed by atoms with Gasteiger partial charge in [0.05, 0.1) is 5.69 Å². The first-order valence-corrected chi connectivity index (χ1v) is 6.08. The molecule has 2 heterocycles. The van der Waals surface area contributed by atoms with Crippen LogP contribution in [-0.4, -0.2) is 19.8 Å². The summed E-state index contributed by atoms with van der Waals surface area (Å²) in [5.74, 6) is 0. The van der Waals surface area contributed by atoms with E-state index in [0.29, 0.717) is 4.77 Å². The second-order valence-electron chi connectivity index (χ2n) is 4.32. The van der Waals surface area contributed by atoms with Crippen LogP contribution in [0.25, 0.3) is 16.9 Å². The number of hydrogen-bond donors (Lipinski definition) is 1. The van der Waals surface area contributed by atoms with Gasteiger partial charge in [-0.2, -0.15) is 14.7 Å². The molecule has 0 spiro atoms. The molecule has 1 N–H and O–H groups in total. The third-order valence-corrected chi connectivity index (χ3v) is 3.34. The Bertz CT molecular complexity index is 785. The second-order valence-corrected chi connectivity index (χ2v) is 4.70. The minimum absolute atomic E-state index is 0.510. The molecule has 1 aromatic carbocycles. The van der Waals surface area contributed by atoms with Gasteiger partial charge in [-0.3, -0.25) is 0 Å². The first-order chi connectivity index (χ1) is 8.65. The zero-order chi connectivity index (χ0) is 12.7. The fourth-order valence-corrected chi connectivity index (χ4v) is 2.04. The maximum atomic E-state index is 5.13. The molecule has 0 saturated heterocycles. The summed E-state index contributed by atoms with van der Waals surface area (Å²) in [5.41, 5.74) is 5.24. The Morgan fingerprint density at radius 2 is 1.94 bits per heavy atom. The summed E-state index contributed by atoms with van der Waals surface area (Å²) >= 11 is 5.13. The third kappa shape index (κ3) is 1.73. The molecule has 0 unspecified atom stereocenters. The quantitative estimate of drug-likeness (QED) is 0.681. The van der Waals surface area contributed by atoms with Crippen LogP contribution in [0.1, 0.15) is 11.1 Å². The highest BCUT2D eigenvalue weighted by atomic mass is 32.1. The highest BCUT2D eigenvalue weighted by Gasteiger charge is 2.04. The molecular weight excluding hydrogens is 244 g/mol. The van der Waals surface area contributed by atoms with Crippen molar-refractivity contribution in [3.63, 3.8) is 0 Å². The number of nitrogens with zero attached hydrogens (tertiary/aromatic N) is 3. The SMILES string of the molecule is Cc1ccc(-c2ccc3n[nH]c(=S)n3n2)cc1C. The molecule has 0 radical (unpaired) electrons. The summed E-state index contributed by atoms with van der Waals surface area (Å²) < 4.78 is 2.15. The molecule has 2 aromatic heterocycles. The fourth-order valence-electron chi connectivity index (χ4n) is 1.86. The van der Waals surface area contributed by atoms with E-state index < -0.39 is 0 Å². The molecule has 0 aliphatic rings. The van der Waals surface area contributed by atoms with Gasteiger partial charge in [-0.05, 0) is 55.4 Å². The number of nitrogens with one attached hydrogen (secondary N) is 1. The monoisotopic (exact) mass is 256 g/mol. The van der Waals surface area contributed by atoms with Gasteiger partial charge in [-0.25, -0.2) is 5.10 Å². The second kappa shape index (κ2) is 4.03. The average Bonchev–Trinajstić information content (AvgIpc) is 2.74. The van der Waals surface area contributed by atoms with E-state index in [2.05, 4.69) is 47.3 Å². The van der Waals surface area contributed by atoms with E-state index in [1.165, 1.54) is 11.1 Å². The number of aryl methyl sites for hydroxylation is 2. The van der Waals surface area contributed by atoms with Gasteiger partial charge >= 0.3 is 0 Å². The summed E-state index contributed by atoms with van der Waals surface area (Å²) in [7, 11) is 0. The molecule has 0 atom stereocenters. The van der Waals surface area contributed by atoms with Crippen molar-refractivity contribution in [1.29, 1.82) is 0 Å². The maximum absolute atomic E-state index is 5.13. The number of benzene rings is 1. The molecule has 5 heteroatoms. The Morgan fingerprint density at radius 3 is 2.72 bits per heavy atom. The molecule has 0 amide bonds. The Labute approximate surface area is 109 Å². The van der Waals surface area contributed by atoms with Crippen LogP contribution in [0.15, 0.2) is 30.3 Å². The lowest BCUT2D eigenvalue weighted by atomic mass is 10.0. The Balaban J connectivity index is 2.21. The summed E-state index contributed by atoms with van der Waals surface area (Å²) in [4.78, 5) is 0. The summed E-state index contributed by atoms with van der Waals surface area (Å²) in [6.07, 6.45) is 0. The molecule has 3 aromatic rings. The molecule has 18 heavy (non-hydrogen) atoms. The van der Waals surface area contributed by atoms with Crippen LogP contribution in [0.2, 0.25) is 0 Å². The highest BCUT2D eigenvalue weighted by molar-refractivity contribution is 7.71. The Kier molecular flexibility index (Phi) is 2.48. The number of H-pyrrole nitrogens is 1. The van der Waals surface area contributed by atoms with Crippen molar-refractivity contribution in [3.8, 4) is 11.3 Å². The van der Waals surface area contributed by atoms with E-state index in [4.69, 9.17) is 12.2 Å². The van der Waals surface area contributed by atoms with Crippen molar-refractivity contribution in [3.05, 3.63) is 46.2 Å². The van der Waals surface area contributed by atoms with Crippen molar-refractivity contribution in [2.75, 3.05) is 0 Å². The molecule has 0 bridgehead atoms. The van der Waals surface area contributed by atoms with Crippen molar-refractivity contribution in [2.24, 2.45) is 0 Å². The van der Waals surface area contributed by atoms with Crippen LogP contribution in [0.5, 0.6) is 0 Å². The molecule has 3 rings (SSSR count). The standard InChI is InChI=1S/C13H12N4S/c1-8-3-4-10(7-9(8)2)11-5-6-12-14-15-13(18)17(12)16-11/h3-7H,1-2H3,(H,15,18). The molecular formula is C13H12N4S. The number of aromatic nitrogens is 4. The number of aromatic amines is 1. The minimum atomic E-state index is 0.510. The molecule has 0 fully saturated rings. The van der Waals surface area contributed by atoms with Gasteiger partial charge < -0.3 is 0 Å². The molecule has 4 nitrogen and oxygen atoms in total. The van der Waals surface area contributed by atoms with Gasteiger partial charge in [0, 0.05) is 5.56 Å². The Morgan fingerprint density at radius 1 is 1.11 bits per heavy atom. The fraction of sp³-hybridized carbons (Fsp3) is 0.154. The predicted molar refractivity (Wildman–Crippen MR) is 73.1 cm³/mol. The summed E-state index contributed by atoms with van der Waals surface area (Å²) in [6.45, 7) is 4.20. The van der Waals surface area contributed by atoms with Crippen molar-refractivity contribution in [2.45, 2.75) is 13.8 Å². The lowest BCUT2D eigenvalue weighted by molar-refractivity contribution is 0.915. The van der Waals surface area contributed by atoms with E-state index >= 15 is 0 Å². The van der Waals surface area contributed by atoms with Gasteiger partial charge in [0.15, 0.2) is 5.65 Å². The minimum Gasteiger partial charge on any atom is -0.250 e. The lowest BCUT2D eigenvalue weighted by Crippen LogP contribution is -1.95. The Hall–Kier alpha value is -2.01. The number of rotatable bonds is 1. The largest absolute Gasteiger partial charge is 0.250 e. The van der Waals surface area contributed by atoms with Gasteiger partial charge in [-0.15, -0.1) is 0 Å². The van der Waals surface area contributed by atoms with Crippen molar-refractivity contribution in [1.82, 2.24) is 19.8 Å². The molecule has 90 valence electrons.